The minimum atomic E-state index is -0.358. The number of ether oxygens (including phenoxy) is 1. The van der Waals surface area contributed by atoms with Gasteiger partial charge in [0.2, 0.25) is 5.91 Å². The first-order chi connectivity index (χ1) is 16.3. The van der Waals surface area contributed by atoms with Crippen molar-refractivity contribution in [3.8, 4) is 5.75 Å². The van der Waals surface area contributed by atoms with Gasteiger partial charge in [-0.3, -0.25) is 9.59 Å². The minimum Gasteiger partial charge on any atom is -0.484 e. The lowest BCUT2D eigenvalue weighted by atomic mass is 9.87. The van der Waals surface area contributed by atoms with Gasteiger partial charge in [0, 0.05) is 23.2 Å². The minimum absolute atomic E-state index is 0.0344. The number of carbonyl (C=O) groups is 2. The molecule has 0 bridgehead atoms. The van der Waals surface area contributed by atoms with E-state index in [1.54, 1.807) is 36.4 Å². The summed E-state index contributed by atoms with van der Waals surface area (Å²) in [5.41, 5.74) is 3.43. The van der Waals surface area contributed by atoms with E-state index in [-0.39, 0.29) is 36.2 Å². The first-order valence-electron chi connectivity index (χ1n) is 11.2. The lowest BCUT2D eigenvalue weighted by Crippen LogP contribution is -2.42. The van der Waals surface area contributed by atoms with Gasteiger partial charge in [-0.15, -0.1) is 0 Å². The molecule has 0 radical (unpaired) electrons. The van der Waals surface area contributed by atoms with Gasteiger partial charge in [0.05, 0.1) is 6.04 Å². The summed E-state index contributed by atoms with van der Waals surface area (Å²) in [4.78, 5) is 27.2. The highest BCUT2D eigenvalue weighted by Gasteiger charge is 2.33. The highest BCUT2D eigenvalue weighted by Crippen LogP contribution is 2.38. The average molecular weight is 481 g/mol. The van der Waals surface area contributed by atoms with Crippen LogP contribution in [0, 0.1) is 11.7 Å². The number of hydrogen-bond donors (Lipinski definition) is 1. The molecule has 3 aromatic carbocycles. The molecule has 0 unspecified atom stereocenters. The molecule has 0 aromatic heterocycles. The molecule has 1 heterocycles. The standard InChI is InChI=1S/C27H26ClFN2O3/c1-17(2)27(33)31-13-12-18-8-11-23(15-24(18)26(31)19-6-9-21(29)10-7-19)34-16-25(32)30-22-5-3-4-20(28)14-22/h3-11,14-15,17,26H,12-13,16H2,1-2H3,(H,30,32)/t26-/m0/s1. The third-order valence-electron chi connectivity index (χ3n) is 5.79. The fourth-order valence-corrected chi connectivity index (χ4v) is 4.36. The van der Waals surface area contributed by atoms with Gasteiger partial charge in [0.1, 0.15) is 11.6 Å². The molecular weight excluding hydrogens is 455 g/mol. The van der Waals surface area contributed by atoms with Crippen LogP contribution in [-0.4, -0.2) is 29.9 Å². The number of halogens is 2. The first kappa shape index (κ1) is 23.8. The normalized spacial score (nSPS) is 15.1. The Balaban J connectivity index is 1.57. The second kappa shape index (κ2) is 10.3. The van der Waals surface area contributed by atoms with Crippen LogP contribution in [0.2, 0.25) is 5.02 Å². The summed E-state index contributed by atoms with van der Waals surface area (Å²) in [6.07, 6.45) is 0.709. The Kier molecular flexibility index (Phi) is 7.17. The maximum atomic E-state index is 13.6. The van der Waals surface area contributed by atoms with Crippen LogP contribution in [0.1, 0.15) is 36.6 Å². The molecule has 0 spiro atoms. The van der Waals surface area contributed by atoms with Crippen molar-refractivity contribution in [2.75, 3.05) is 18.5 Å². The number of anilines is 1. The molecule has 34 heavy (non-hydrogen) atoms. The molecule has 1 aliphatic rings. The quantitative estimate of drug-likeness (QED) is 0.497. The summed E-state index contributed by atoms with van der Waals surface area (Å²) in [5, 5.41) is 3.28. The van der Waals surface area contributed by atoms with Crippen molar-refractivity contribution in [3.63, 3.8) is 0 Å². The molecule has 5 nitrogen and oxygen atoms in total. The Hall–Kier alpha value is -3.38. The largest absolute Gasteiger partial charge is 0.484 e. The number of benzene rings is 3. The monoisotopic (exact) mass is 480 g/mol. The second-order valence-electron chi connectivity index (χ2n) is 8.60. The molecule has 1 N–H and O–H groups in total. The summed E-state index contributed by atoms with van der Waals surface area (Å²) >= 11 is 5.96. The van der Waals surface area contributed by atoms with E-state index in [9.17, 15) is 14.0 Å². The summed E-state index contributed by atoms with van der Waals surface area (Å²) < 4.78 is 19.4. The van der Waals surface area contributed by atoms with Gasteiger partial charge in [-0.2, -0.15) is 0 Å². The van der Waals surface area contributed by atoms with Crippen molar-refractivity contribution in [1.29, 1.82) is 0 Å². The Morgan fingerprint density at radius 1 is 1.12 bits per heavy atom. The van der Waals surface area contributed by atoms with E-state index < -0.39 is 0 Å². The molecule has 7 heteroatoms. The fraction of sp³-hybridized carbons (Fsp3) is 0.259. The van der Waals surface area contributed by atoms with E-state index in [4.69, 9.17) is 16.3 Å². The number of rotatable bonds is 6. The molecule has 2 amide bonds. The van der Waals surface area contributed by atoms with Crippen molar-refractivity contribution >= 4 is 29.1 Å². The van der Waals surface area contributed by atoms with E-state index in [1.807, 2.05) is 36.9 Å². The lowest BCUT2D eigenvalue weighted by Gasteiger charge is -2.39. The second-order valence-corrected chi connectivity index (χ2v) is 9.03. The zero-order valence-corrected chi connectivity index (χ0v) is 19.8. The zero-order valence-electron chi connectivity index (χ0n) is 19.1. The van der Waals surface area contributed by atoms with Gasteiger partial charge in [-0.05, 0) is 65.6 Å². The van der Waals surface area contributed by atoms with Crippen LogP contribution in [0.4, 0.5) is 10.1 Å². The topological polar surface area (TPSA) is 58.6 Å². The average Bonchev–Trinajstić information content (AvgIpc) is 2.82. The smallest absolute Gasteiger partial charge is 0.262 e. The zero-order chi connectivity index (χ0) is 24.2. The number of nitrogens with zero attached hydrogens (tertiary/aromatic N) is 1. The van der Waals surface area contributed by atoms with Crippen LogP contribution < -0.4 is 10.1 Å². The molecular formula is C27H26ClFN2O3. The van der Waals surface area contributed by atoms with E-state index in [0.717, 1.165) is 16.7 Å². The maximum absolute atomic E-state index is 13.6. The predicted octanol–water partition coefficient (Wildman–Crippen LogP) is 5.63. The SMILES string of the molecule is CC(C)C(=O)N1CCc2ccc(OCC(=O)Nc3cccc(Cl)c3)cc2[C@@H]1c1ccc(F)cc1. The van der Waals surface area contributed by atoms with Gasteiger partial charge < -0.3 is 15.0 Å². The van der Waals surface area contributed by atoms with Crippen LogP contribution in [0.3, 0.4) is 0 Å². The molecule has 0 aliphatic carbocycles. The Morgan fingerprint density at radius 3 is 2.59 bits per heavy atom. The highest BCUT2D eigenvalue weighted by atomic mass is 35.5. The van der Waals surface area contributed by atoms with Gasteiger partial charge in [-0.1, -0.05) is 49.7 Å². The number of fused-ring (bicyclic) bond motifs is 1. The van der Waals surface area contributed by atoms with Gasteiger partial charge >= 0.3 is 0 Å². The number of hydrogen-bond acceptors (Lipinski definition) is 3. The lowest BCUT2D eigenvalue weighted by molar-refractivity contribution is -0.136. The van der Waals surface area contributed by atoms with Gasteiger partial charge in [0.15, 0.2) is 6.61 Å². The highest BCUT2D eigenvalue weighted by molar-refractivity contribution is 6.30. The molecule has 0 saturated heterocycles. The van der Waals surface area contributed by atoms with E-state index in [1.165, 1.54) is 12.1 Å². The van der Waals surface area contributed by atoms with E-state index >= 15 is 0 Å². The van der Waals surface area contributed by atoms with Gasteiger partial charge in [-0.25, -0.2) is 4.39 Å². The molecule has 4 rings (SSSR count). The number of nitrogens with one attached hydrogen (secondary N) is 1. The summed E-state index contributed by atoms with van der Waals surface area (Å²) in [6.45, 7) is 4.14. The fourth-order valence-electron chi connectivity index (χ4n) is 4.17. The summed E-state index contributed by atoms with van der Waals surface area (Å²) in [5.74, 6) is -0.256. The van der Waals surface area contributed by atoms with Crippen LogP contribution in [0.5, 0.6) is 5.75 Å². The third kappa shape index (κ3) is 5.39. The first-order valence-corrected chi connectivity index (χ1v) is 11.6. The van der Waals surface area contributed by atoms with Crippen molar-refractivity contribution in [1.82, 2.24) is 4.90 Å². The van der Waals surface area contributed by atoms with Crippen molar-refractivity contribution in [2.45, 2.75) is 26.3 Å². The molecule has 1 atom stereocenters. The van der Waals surface area contributed by atoms with Crippen LogP contribution >= 0.6 is 11.6 Å². The van der Waals surface area contributed by atoms with Crippen LogP contribution in [-0.2, 0) is 16.0 Å². The summed E-state index contributed by atoms with van der Waals surface area (Å²) in [6, 6.07) is 18.4. The Bertz CT molecular complexity index is 1200. The van der Waals surface area contributed by atoms with Crippen LogP contribution in [0.15, 0.2) is 66.7 Å². The van der Waals surface area contributed by atoms with Crippen molar-refractivity contribution in [3.05, 3.63) is 94.3 Å². The summed E-state index contributed by atoms with van der Waals surface area (Å²) in [7, 11) is 0. The number of carbonyl (C=O) groups excluding carboxylic acids is 2. The van der Waals surface area contributed by atoms with Crippen molar-refractivity contribution < 1.29 is 18.7 Å². The molecule has 3 aromatic rings. The van der Waals surface area contributed by atoms with E-state index in [0.29, 0.717) is 29.4 Å². The van der Waals surface area contributed by atoms with E-state index in [2.05, 4.69) is 5.32 Å². The Labute approximate surface area is 203 Å². The van der Waals surface area contributed by atoms with Crippen molar-refractivity contribution in [2.24, 2.45) is 5.92 Å². The molecule has 1 aliphatic heterocycles. The third-order valence-corrected chi connectivity index (χ3v) is 6.02. The predicted molar refractivity (Wildman–Crippen MR) is 131 cm³/mol. The molecule has 0 saturated carbocycles. The maximum Gasteiger partial charge on any atom is 0.262 e. The van der Waals surface area contributed by atoms with Crippen LogP contribution in [0.25, 0.3) is 0 Å². The number of amides is 2. The van der Waals surface area contributed by atoms with Gasteiger partial charge in [0.25, 0.3) is 5.91 Å². The molecule has 176 valence electrons. The molecule has 0 fully saturated rings. The Morgan fingerprint density at radius 2 is 1.88 bits per heavy atom.